The Bertz CT molecular complexity index is 483. The fourth-order valence-corrected chi connectivity index (χ4v) is 5.51. The van der Waals surface area contributed by atoms with Gasteiger partial charge in [0.25, 0.3) is 0 Å². The first-order valence-electron chi connectivity index (χ1n) is 5.77. The standard InChI is InChI=1S/C13H9.2CH3.Ti/c1-3-7-12-10(5-1)9-11-6-2-4-8-13(11)12;;;/h1-9H;2*1H3;. The third-order valence-corrected chi connectivity index (χ3v) is 6.19. The summed E-state index contributed by atoms with van der Waals surface area (Å²) >= 11 is -0.968. The summed E-state index contributed by atoms with van der Waals surface area (Å²) in [5, 5.41) is 4.95. The van der Waals surface area contributed by atoms with Crippen LogP contribution in [0.5, 0.6) is 0 Å². The summed E-state index contributed by atoms with van der Waals surface area (Å²) in [6, 6.07) is 17.9. The summed E-state index contributed by atoms with van der Waals surface area (Å²) in [5.41, 5.74) is 6.08. The van der Waals surface area contributed by atoms with Gasteiger partial charge in [0.2, 0.25) is 0 Å². The molecule has 1 aliphatic carbocycles. The minimum atomic E-state index is -0.968. The first-order chi connectivity index (χ1) is 7.79. The van der Waals surface area contributed by atoms with Gasteiger partial charge in [0.05, 0.1) is 0 Å². The molecule has 0 N–H and O–H groups in total. The summed E-state index contributed by atoms with van der Waals surface area (Å²) in [6.45, 7) is 0. The van der Waals surface area contributed by atoms with Gasteiger partial charge in [-0.15, -0.1) is 0 Å². The molecular weight excluding hydrogens is 228 g/mol. The van der Waals surface area contributed by atoms with Crippen LogP contribution in [0.2, 0.25) is 10.5 Å². The summed E-state index contributed by atoms with van der Waals surface area (Å²) in [6.07, 6.45) is 0. The van der Waals surface area contributed by atoms with E-state index in [2.05, 4.69) is 59.0 Å². The number of hydrogen-bond donors (Lipinski definition) is 0. The number of rotatable bonds is 1. The Morgan fingerprint density at radius 2 is 1.19 bits per heavy atom. The van der Waals surface area contributed by atoms with Gasteiger partial charge < -0.3 is 0 Å². The van der Waals surface area contributed by atoms with Gasteiger partial charge in [-0.2, -0.15) is 0 Å². The Morgan fingerprint density at radius 3 is 1.62 bits per heavy atom. The fourth-order valence-electron chi connectivity index (χ4n) is 2.78. The second-order valence-corrected chi connectivity index (χ2v) is 8.95. The van der Waals surface area contributed by atoms with E-state index in [9.17, 15) is 0 Å². The van der Waals surface area contributed by atoms with E-state index in [0.29, 0.717) is 0 Å². The Kier molecular flexibility index (Phi) is 2.50. The van der Waals surface area contributed by atoms with E-state index in [1.165, 1.54) is 11.1 Å². The Balaban J connectivity index is 2.30. The van der Waals surface area contributed by atoms with Crippen LogP contribution in [0.15, 0.2) is 48.5 Å². The van der Waals surface area contributed by atoms with Crippen LogP contribution in [0.3, 0.4) is 0 Å². The quantitative estimate of drug-likeness (QED) is 0.648. The molecule has 0 amide bonds. The molecule has 0 saturated heterocycles. The van der Waals surface area contributed by atoms with Crippen LogP contribution in [0.4, 0.5) is 0 Å². The third kappa shape index (κ3) is 1.41. The van der Waals surface area contributed by atoms with Crippen molar-refractivity contribution in [2.45, 2.75) is 14.7 Å². The molecule has 0 aromatic heterocycles. The van der Waals surface area contributed by atoms with Crippen molar-refractivity contribution >= 4 is 0 Å². The van der Waals surface area contributed by atoms with Gasteiger partial charge in [0.1, 0.15) is 0 Å². The summed E-state index contributed by atoms with van der Waals surface area (Å²) < 4.78 is 0.743. The van der Waals surface area contributed by atoms with E-state index in [4.69, 9.17) is 0 Å². The van der Waals surface area contributed by atoms with Crippen LogP contribution in [0.1, 0.15) is 15.3 Å². The average molecular weight is 243 g/mol. The Labute approximate surface area is 103 Å². The van der Waals surface area contributed by atoms with Crippen molar-refractivity contribution in [1.29, 1.82) is 0 Å². The van der Waals surface area contributed by atoms with Crippen molar-refractivity contribution in [3.63, 3.8) is 0 Å². The Morgan fingerprint density at radius 1 is 0.750 bits per heavy atom. The van der Waals surface area contributed by atoms with E-state index in [-0.39, 0.29) is 0 Å². The molecule has 0 unspecified atom stereocenters. The maximum atomic E-state index is 2.48. The van der Waals surface area contributed by atoms with Crippen molar-refractivity contribution in [2.24, 2.45) is 0 Å². The van der Waals surface area contributed by atoms with Gasteiger partial charge in [-0.25, -0.2) is 0 Å². The average Bonchev–Trinajstić information content (AvgIpc) is 2.63. The van der Waals surface area contributed by atoms with Crippen LogP contribution in [-0.2, 0) is 17.9 Å². The van der Waals surface area contributed by atoms with Crippen molar-refractivity contribution < 1.29 is 17.9 Å². The normalized spacial score (nSPS) is 13.4. The van der Waals surface area contributed by atoms with Gasteiger partial charge in [0, 0.05) is 0 Å². The van der Waals surface area contributed by atoms with Crippen molar-refractivity contribution in [1.82, 2.24) is 0 Å². The molecule has 0 bridgehead atoms. The predicted octanol–water partition coefficient (Wildman–Crippen LogP) is 4.47. The fraction of sp³-hybridized carbons (Fsp3) is 0.200. The topological polar surface area (TPSA) is 0 Å². The van der Waals surface area contributed by atoms with Crippen molar-refractivity contribution in [2.75, 3.05) is 0 Å². The third-order valence-electron chi connectivity index (χ3n) is 3.41. The molecule has 1 heteroatoms. The minimum absolute atomic E-state index is 0.743. The first kappa shape index (κ1) is 10.3. The van der Waals surface area contributed by atoms with Gasteiger partial charge in [-0.3, -0.25) is 0 Å². The second-order valence-electron chi connectivity index (χ2n) is 4.68. The molecule has 0 fully saturated rings. The van der Waals surface area contributed by atoms with E-state index in [0.717, 1.165) is 4.22 Å². The van der Waals surface area contributed by atoms with Crippen LogP contribution >= 0.6 is 0 Å². The molecule has 0 spiro atoms. The van der Waals surface area contributed by atoms with E-state index in [1.54, 1.807) is 11.1 Å². The van der Waals surface area contributed by atoms with Crippen molar-refractivity contribution in [3.05, 3.63) is 59.7 Å². The zero-order valence-electron chi connectivity index (χ0n) is 9.70. The Hall–Kier alpha value is -0.846. The molecule has 16 heavy (non-hydrogen) atoms. The van der Waals surface area contributed by atoms with Crippen molar-refractivity contribution in [3.8, 4) is 11.1 Å². The maximum absolute atomic E-state index is 2.48. The van der Waals surface area contributed by atoms with Gasteiger partial charge in [-0.1, -0.05) is 0 Å². The van der Waals surface area contributed by atoms with E-state index >= 15 is 0 Å². The molecule has 1 aliphatic rings. The van der Waals surface area contributed by atoms with E-state index < -0.39 is 17.9 Å². The first-order valence-corrected chi connectivity index (χ1v) is 9.80. The molecule has 0 nitrogen and oxygen atoms in total. The molecule has 3 rings (SSSR count). The molecule has 2 aromatic rings. The zero-order valence-corrected chi connectivity index (χ0v) is 11.3. The van der Waals surface area contributed by atoms with Crippen LogP contribution < -0.4 is 0 Å². The molecule has 0 heterocycles. The summed E-state index contributed by atoms with van der Waals surface area (Å²) in [5.74, 6) is 0. The summed E-state index contributed by atoms with van der Waals surface area (Å²) in [7, 11) is 0. The molecule has 0 aliphatic heterocycles. The zero-order chi connectivity index (χ0) is 11.1. The number of hydrogen-bond acceptors (Lipinski definition) is 0. The SMILES string of the molecule is [CH3][Ti]([CH3])[CH]1c2ccccc2-c2ccccc21. The monoisotopic (exact) mass is 243 g/mol. The second kappa shape index (κ2) is 3.87. The summed E-state index contributed by atoms with van der Waals surface area (Å²) in [4.78, 5) is 0. The molecule has 2 aromatic carbocycles. The predicted molar refractivity (Wildman–Crippen MR) is 65.4 cm³/mol. The van der Waals surface area contributed by atoms with Crippen LogP contribution in [0, 0.1) is 0 Å². The molecule has 0 saturated carbocycles. The number of fused-ring (bicyclic) bond motifs is 3. The van der Waals surface area contributed by atoms with Crippen LogP contribution in [-0.4, -0.2) is 0 Å². The molecular formula is C15H15Ti. The van der Waals surface area contributed by atoms with Gasteiger partial charge >= 0.3 is 103 Å². The molecule has 79 valence electrons. The van der Waals surface area contributed by atoms with E-state index in [1.807, 2.05) is 0 Å². The molecule has 0 atom stereocenters. The number of benzene rings is 2. The van der Waals surface area contributed by atoms with Gasteiger partial charge in [-0.05, 0) is 0 Å². The van der Waals surface area contributed by atoms with Crippen LogP contribution in [0.25, 0.3) is 11.1 Å². The van der Waals surface area contributed by atoms with Gasteiger partial charge in [0.15, 0.2) is 0 Å². The molecule has 0 radical (unpaired) electrons.